The molecule has 108 valence electrons. The van der Waals surface area contributed by atoms with Gasteiger partial charge in [0.2, 0.25) is 0 Å². The van der Waals surface area contributed by atoms with Crippen LogP contribution in [0.25, 0.3) is 0 Å². The predicted octanol–water partition coefficient (Wildman–Crippen LogP) is 4.07. The van der Waals surface area contributed by atoms with E-state index in [1.165, 1.54) is 7.11 Å². The highest BCUT2D eigenvalue weighted by Crippen LogP contribution is 2.31. The van der Waals surface area contributed by atoms with Gasteiger partial charge in [0.25, 0.3) is 0 Å². The molecule has 1 N–H and O–H groups in total. The topological polar surface area (TPSA) is 62.5 Å². The van der Waals surface area contributed by atoms with Gasteiger partial charge < -0.3 is 14.6 Å². The second kappa shape index (κ2) is 6.49. The van der Waals surface area contributed by atoms with E-state index in [-0.39, 0.29) is 0 Å². The van der Waals surface area contributed by atoms with E-state index in [0.717, 1.165) is 0 Å². The highest BCUT2D eigenvalue weighted by Gasteiger charge is 2.09. The van der Waals surface area contributed by atoms with E-state index in [0.29, 0.717) is 33.4 Å². The molecule has 0 aliphatic heterocycles. The molecule has 2 rings (SSSR count). The lowest BCUT2D eigenvalue weighted by Crippen LogP contribution is -1.93. The lowest BCUT2D eigenvalue weighted by Gasteiger charge is -2.11. The number of aliphatic hydroxyl groups is 1. The Morgan fingerprint density at radius 2 is 1.86 bits per heavy atom. The number of methoxy groups -OCH3 is 1. The lowest BCUT2D eigenvalue weighted by molar-refractivity contribution is 0.199. The van der Waals surface area contributed by atoms with Crippen molar-refractivity contribution in [2.45, 2.75) is 13.0 Å². The van der Waals surface area contributed by atoms with Crippen molar-refractivity contribution in [2.75, 3.05) is 7.11 Å². The molecule has 21 heavy (non-hydrogen) atoms. The van der Waals surface area contributed by atoms with Gasteiger partial charge in [0.15, 0.2) is 0 Å². The summed E-state index contributed by atoms with van der Waals surface area (Å²) in [6.07, 6.45) is -0.645. The first-order chi connectivity index (χ1) is 10.0. The first-order valence-corrected chi connectivity index (χ1v) is 6.66. The van der Waals surface area contributed by atoms with E-state index < -0.39 is 6.10 Å². The van der Waals surface area contributed by atoms with E-state index in [1.54, 1.807) is 43.3 Å². The molecule has 0 spiro atoms. The second-order valence-electron chi connectivity index (χ2n) is 4.47. The van der Waals surface area contributed by atoms with Crippen LogP contribution in [0.3, 0.4) is 0 Å². The van der Waals surface area contributed by atoms with Gasteiger partial charge in [-0.25, -0.2) is 0 Å². The minimum absolute atomic E-state index is 0.422. The third-order valence-corrected chi connectivity index (χ3v) is 3.23. The maximum Gasteiger partial charge on any atom is 0.132 e. The summed E-state index contributed by atoms with van der Waals surface area (Å²) in [5.41, 5.74) is 1.07. The summed E-state index contributed by atoms with van der Waals surface area (Å²) in [4.78, 5) is 0. The SMILES string of the molecule is COc1cc(C#N)cc(Oc2ccc(C(C)O)c(Cl)c2)c1. The number of nitrogens with zero attached hydrogens (tertiary/aromatic N) is 1. The Morgan fingerprint density at radius 1 is 1.14 bits per heavy atom. The molecule has 0 amide bonds. The van der Waals surface area contributed by atoms with E-state index in [1.807, 2.05) is 6.07 Å². The standard InChI is InChI=1S/C16H14ClNO3/c1-10(19)15-4-3-12(8-16(15)17)21-14-6-11(9-18)5-13(7-14)20-2/h3-8,10,19H,1-2H3. The summed E-state index contributed by atoms with van der Waals surface area (Å²) in [5.74, 6) is 1.53. The fraction of sp³-hybridized carbons (Fsp3) is 0.188. The fourth-order valence-electron chi connectivity index (χ4n) is 1.86. The quantitative estimate of drug-likeness (QED) is 0.925. The normalized spacial score (nSPS) is 11.6. The van der Waals surface area contributed by atoms with Crippen LogP contribution in [0.1, 0.15) is 24.2 Å². The van der Waals surface area contributed by atoms with Gasteiger partial charge in [-0.2, -0.15) is 5.26 Å². The molecule has 2 aromatic carbocycles. The first-order valence-electron chi connectivity index (χ1n) is 6.28. The van der Waals surface area contributed by atoms with Crippen molar-refractivity contribution >= 4 is 11.6 Å². The number of benzene rings is 2. The number of aliphatic hydroxyl groups excluding tert-OH is 1. The molecule has 1 unspecified atom stereocenters. The average molecular weight is 304 g/mol. The van der Waals surface area contributed by atoms with Gasteiger partial charge in [-0.05, 0) is 36.8 Å². The summed E-state index contributed by atoms with van der Waals surface area (Å²) in [5, 5.41) is 18.9. The Morgan fingerprint density at radius 3 is 2.43 bits per heavy atom. The van der Waals surface area contributed by atoms with Gasteiger partial charge >= 0.3 is 0 Å². The maximum atomic E-state index is 9.54. The highest BCUT2D eigenvalue weighted by atomic mass is 35.5. The van der Waals surface area contributed by atoms with E-state index in [9.17, 15) is 5.11 Å². The zero-order valence-corrected chi connectivity index (χ0v) is 12.4. The van der Waals surface area contributed by atoms with Crippen molar-refractivity contribution in [1.29, 1.82) is 5.26 Å². The third kappa shape index (κ3) is 3.66. The predicted molar refractivity (Wildman–Crippen MR) is 79.9 cm³/mol. The Kier molecular flexibility index (Phi) is 4.69. The molecule has 1 atom stereocenters. The summed E-state index contributed by atoms with van der Waals surface area (Å²) < 4.78 is 10.8. The van der Waals surface area contributed by atoms with Crippen molar-refractivity contribution in [3.05, 3.63) is 52.5 Å². The Labute approximate surface area is 128 Å². The maximum absolute atomic E-state index is 9.54. The zero-order valence-electron chi connectivity index (χ0n) is 11.6. The van der Waals surface area contributed by atoms with Gasteiger partial charge in [-0.15, -0.1) is 0 Å². The molecule has 0 aliphatic carbocycles. The summed E-state index contributed by atoms with van der Waals surface area (Å²) in [7, 11) is 1.52. The van der Waals surface area contributed by atoms with E-state index in [4.69, 9.17) is 26.3 Å². The monoisotopic (exact) mass is 303 g/mol. The van der Waals surface area contributed by atoms with Crippen molar-refractivity contribution in [3.63, 3.8) is 0 Å². The van der Waals surface area contributed by atoms with Crippen LogP contribution in [0.4, 0.5) is 0 Å². The molecule has 5 heteroatoms. The van der Waals surface area contributed by atoms with Crippen molar-refractivity contribution < 1.29 is 14.6 Å². The molecule has 0 fully saturated rings. The van der Waals surface area contributed by atoms with E-state index in [2.05, 4.69) is 0 Å². The molecular formula is C16H14ClNO3. The van der Waals surface area contributed by atoms with Crippen molar-refractivity contribution in [2.24, 2.45) is 0 Å². The molecule has 0 heterocycles. The van der Waals surface area contributed by atoms with Crippen LogP contribution >= 0.6 is 11.6 Å². The molecule has 0 bridgehead atoms. The van der Waals surface area contributed by atoms with Gasteiger partial charge in [-0.3, -0.25) is 0 Å². The molecule has 0 saturated heterocycles. The van der Waals surface area contributed by atoms with E-state index >= 15 is 0 Å². The summed E-state index contributed by atoms with van der Waals surface area (Å²) >= 11 is 6.09. The fourth-order valence-corrected chi connectivity index (χ4v) is 2.19. The largest absolute Gasteiger partial charge is 0.497 e. The molecule has 0 radical (unpaired) electrons. The molecule has 4 nitrogen and oxygen atoms in total. The number of rotatable bonds is 4. The number of hydrogen-bond donors (Lipinski definition) is 1. The van der Waals surface area contributed by atoms with Crippen LogP contribution in [0.2, 0.25) is 5.02 Å². The number of halogens is 1. The van der Waals surface area contributed by atoms with Crippen LogP contribution in [0.15, 0.2) is 36.4 Å². The van der Waals surface area contributed by atoms with Crippen LogP contribution in [-0.2, 0) is 0 Å². The molecule has 0 saturated carbocycles. The Balaban J connectivity index is 2.30. The molecular weight excluding hydrogens is 290 g/mol. The summed E-state index contributed by atoms with van der Waals surface area (Å²) in [6.45, 7) is 1.64. The average Bonchev–Trinajstić information content (AvgIpc) is 2.46. The lowest BCUT2D eigenvalue weighted by atomic mass is 10.1. The third-order valence-electron chi connectivity index (χ3n) is 2.90. The van der Waals surface area contributed by atoms with Gasteiger partial charge in [0, 0.05) is 6.07 Å². The molecule has 0 aromatic heterocycles. The smallest absolute Gasteiger partial charge is 0.132 e. The van der Waals surface area contributed by atoms with Crippen LogP contribution < -0.4 is 9.47 Å². The minimum Gasteiger partial charge on any atom is -0.497 e. The number of hydrogen-bond acceptors (Lipinski definition) is 4. The Bertz CT molecular complexity index is 692. The van der Waals surface area contributed by atoms with Crippen molar-refractivity contribution in [3.8, 4) is 23.3 Å². The minimum atomic E-state index is -0.645. The number of ether oxygens (including phenoxy) is 2. The Hall–Kier alpha value is -2.22. The first kappa shape index (κ1) is 15.2. The van der Waals surface area contributed by atoms with Crippen molar-refractivity contribution in [1.82, 2.24) is 0 Å². The summed E-state index contributed by atoms with van der Waals surface area (Å²) in [6, 6.07) is 12.0. The van der Waals surface area contributed by atoms with Crippen LogP contribution in [-0.4, -0.2) is 12.2 Å². The highest BCUT2D eigenvalue weighted by molar-refractivity contribution is 6.31. The van der Waals surface area contributed by atoms with Gasteiger partial charge in [-0.1, -0.05) is 17.7 Å². The molecule has 2 aromatic rings. The van der Waals surface area contributed by atoms with Gasteiger partial charge in [0.05, 0.1) is 29.9 Å². The van der Waals surface area contributed by atoms with Crippen LogP contribution in [0, 0.1) is 11.3 Å². The second-order valence-corrected chi connectivity index (χ2v) is 4.88. The zero-order chi connectivity index (χ0) is 15.4. The number of nitriles is 1. The van der Waals surface area contributed by atoms with Gasteiger partial charge in [0.1, 0.15) is 17.2 Å². The molecule has 0 aliphatic rings. The van der Waals surface area contributed by atoms with Crippen LogP contribution in [0.5, 0.6) is 17.2 Å².